The largest absolute Gasteiger partial charge is 0.487 e. The number of hydrogen-bond donors (Lipinski definition) is 1. The molecule has 0 aliphatic carbocycles. The van der Waals surface area contributed by atoms with Crippen LogP contribution in [0.2, 0.25) is 5.02 Å². The molecule has 8 nitrogen and oxygen atoms in total. The van der Waals surface area contributed by atoms with Gasteiger partial charge in [0.2, 0.25) is 11.6 Å². The number of aromatic nitrogens is 2. The second-order valence-corrected chi connectivity index (χ2v) is 9.68. The first-order valence-corrected chi connectivity index (χ1v) is 12.5. The normalized spacial score (nSPS) is 13.3. The minimum Gasteiger partial charge on any atom is -0.487 e. The van der Waals surface area contributed by atoms with Gasteiger partial charge in [-0.15, -0.1) is 0 Å². The SMILES string of the molecule is CN(C)CC=CC(=O)N1CCc2c(oc3ncnc(Nc4ccc(OCc5cccc(F)c5)c(Cl)c4)c23)C1. The van der Waals surface area contributed by atoms with Crippen molar-refractivity contribution in [3.63, 3.8) is 0 Å². The number of anilines is 2. The summed E-state index contributed by atoms with van der Waals surface area (Å²) in [7, 11) is 3.91. The van der Waals surface area contributed by atoms with Crippen molar-refractivity contribution in [1.82, 2.24) is 19.8 Å². The molecule has 0 saturated carbocycles. The van der Waals surface area contributed by atoms with Crippen molar-refractivity contribution >= 4 is 40.1 Å². The fourth-order valence-electron chi connectivity index (χ4n) is 4.30. The summed E-state index contributed by atoms with van der Waals surface area (Å²) in [6.07, 6.45) is 5.53. The summed E-state index contributed by atoms with van der Waals surface area (Å²) in [5.41, 5.74) is 2.87. The Labute approximate surface area is 224 Å². The molecule has 0 bridgehead atoms. The maximum atomic E-state index is 13.4. The lowest BCUT2D eigenvalue weighted by molar-refractivity contribution is -0.127. The highest BCUT2D eigenvalue weighted by Crippen LogP contribution is 2.36. The van der Waals surface area contributed by atoms with Crippen LogP contribution < -0.4 is 10.1 Å². The number of likely N-dealkylation sites (N-methyl/N-ethyl adjacent to an activating group) is 1. The van der Waals surface area contributed by atoms with E-state index in [9.17, 15) is 9.18 Å². The van der Waals surface area contributed by atoms with Gasteiger partial charge in [-0.1, -0.05) is 29.8 Å². The van der Waals surface area contributed by atoms with Crippen molar-refractivity contribution in [1.29, 1.82) is 0 Å². The van der Waals surface area contributed by atoms with E-state index in [2.05, 4.69) is 15.3 Å². The number of rotatable bonds is 8. The van der Waals surface area contributed by atoms with Crippen LogP contribution >= 0.6 is 11.6 Å². The van der Waals surface area contributed by atoms with E-state index >= 15 is 0 Å². The van der Waals surface area contributed by atoms with Gasteiger partial charge in [-0.2, -0.15) is 0 Å². The number of halogens is 2. The first-order valence-electron chi connectivity index (χ1n) is 12.2. The second-order valence-electron chi connectivity index (χ2n) is 9.27. The van der Waals surface area contributed by atoms with Gasteiger partial charge < -0.3 is 24.3 Å². The van der Waals surface area contributed by atoms with Gasteiger partial charge >= 0.3 is 0 Å². The molecule has 1 N–H and O–H groups in total. The zero-order valence-corrected chi connectivity index (χ0v) is 21.8. The quantitative estimate of drug-likeness (QED) is 0.305. The number of nitrogens with zero attached hydrogens (tertiary/aromatic N) is 4. The Hall–Kier alpha value is -3.95. The molecule has 10 heteroatoms. The van der Waals surface area contributed by atoms with Gasteiger partial charge in [-0.25, -0.2) is 14.4 Å². The zero-order valence-electron chi connectivity index (χ0n) is 21.1. The highest BCUT2D eigenvalue weighted by molar-refractivity contribution is 6.32. The molecular formula is C28H27ClFN5O3. The fraction of sp³-hybridized carbons (Fsp3) is 0.250. The summed E-state index contributed by atoms with van der Waals surface area (Å²) in [6.45, 7) is 1.84. The highest BCUT2D eigenvalue weighted by atomic mass is 35.5. The van der Waals surface area contributed by atoms with Gasteiger partial charge in [0.25, 0.3) is 0 Å². The highest BCUT2D eigenvalue weighted by Gasteiger charge is 2.27. The predicted octanol–water partition coefficient (Wildman–Crippen LogP) is 5.34. The van der Waals surface area contributed by atoms with Gasteiger partial charge in [0, 0.05) is 30.4 Å². The number of carbonyl (C=O) groups is 1. The molecule has 1 aliphatic rings. The molecule has 3 heterocycles. The van der Waals surface area contributed by atoms with E-state index in [0.717, 1.165) is 10.9 Å². The third kappa shape index (κ3) is 5.79. The summed E-state index contributed by atoms with van der Waals surface area (Å²) in [5.74, 6) is 1.43. The van der Waals surface area contributed by atoms with Gasteiger partial charge in [0.15, 0.2) is 0 Å². The average Bonchev–Trinajstić information content (AvgIpc) is 3.27. The predicted molar refractivity (Wildman–Crippen MR) is 144 cm³/mol. The van der Waals surface area contributed by atoms with Crippen molar-refractivity contribution in [2.75, 3.05) is 32.5 Å². The van der Waals surface area contributed by atoms with Crippen molar-refractivity contribution in [2.24, 2.45) is 0 Å². The van der Waals surface area contributed by atoms with Crippen LogP contribution in [0.25, 0.3) is 11.1 Å². The Morgan fingerprint density at radius 1 is 1.26 bits per heavy atom. The van der Waals surface area contributed by atoms with Crippen LogP contribution in [0.4, 0.5) is 15.9 Å². The van der Waals surface area contributed by atoms with E-state index in [0.29, 0.717) is 65.4 Å². The lowest BCUT2D eigenvalue weighted by atomic mass is 10.0. The van der Waals surface area contributed by atoms with Gasteiger partial charge in [0.1, 0.15) is 36.1 Å². The monoisotopic (exact) mass is 535 g/mol. The van der Waals surface area contributed by atoms with E-state index < -0.39 is 0 Å². The van der Waals surface area contributed by atoms with Gasteiger partial charge in [-0.3, -0.25) is 4.79 Å². The first kappa shape index (κ1) is 25.7. The standard InChI is InChI=1S/C28H27ClFN5O3/c1-34(2)11-4-7-25(36)35-12-10-21-24(15-35)38-28-26(21)27(31-17-32-28)33-20-8-9-23(22(29)14-20)37-16-18-5-3-6-19(30)13-18/h3-9,13-14,17H,10-12,15-16H2,1-2H3,(H,31,32,33). The number of ether oxygens (including phenoxy) is 1. The first-order chi connectivity index (χ1) is 18.4. The molecule has 2 aromatic heterocycles. The molecule has 2 aromatic carbocycles. The van der Waals surface area contributed by atoms with E-state index in [-0.39, 0.29) is 18.3 Å². The minimum atomic E-state index is -0.314. The van der Waals surface area contributed by atoms with E-state index in [1.165, 1.54) is 18.5 Å². The van der Waals surface area contributed by atoms with E-state index in [1.807, 2.05) is 31.1 Å². The summed E-state index contributed by atoms with van der Waals surface area (Å²) < 4.78 is 25.2. The van der Waals surface area contributed by atoms with Crippen LogP contribution in [0.15, 0.2) is 65.4 Å². The second kappa shape index (κ2) is 11.2. The maximum Gasteiger partial charge on any atom is 0.246 e. The Bertz CT molecular complexity index is 1500. The molecule has 0 radical (unpaired) electrons. The van der Waals surface area contributed by atoms with Crippen molar-refractivity contribution in [3.05, 3.63) is 88.7 Å². The Morgan fingerprint density at radius 2 is 2.13 bits per heavy atom. The molecule has 1 amide bonds. The van der Waals surface area contributed by atoms with Crippen LogP contribution in [-0.2, 0) is 24.4 Å². The topological polar surface area (TPSA) is 83.7 Å². The molecule has 5 rings (SSSR count). The van der Waals surface area contributed by atoms with Crippen LogP contribution in [0.5, 0.6) is 5.75 Å². The van der Waals surface area contributed by atoms with Crippen LogP contribution in [-0.4, -0.2) is 52.9 Å². The molecule has 0 atom stereocenters. The maximum absolute atomic E-state index is 13.4. The molecule has 1 aliphatic heterocycles. The van der Waals surface area contributed by atoms with Gasteiger partial charge in [0.05, 0.1) is 17.0 Å². The summed E-state index contributed by atoms with van der Waals surface area (Å²) >= 11 is 6.47. The number of benzene rings is 2. The molecule has 38 heavy (non-hydrogen) atoms. The lowest BCUT2D eigenvalue weighted by Crippen LogP contribution is -2.34. The Balaban J connectivity index is 1.31. The van der Waals surface area contributed by atoms with Gasteiger partial charge in [-0.05, 0) is 56.4 Å². The molecule has 0 saturated heterocycles. The molecule has 4 aromatic rings. The summed E-state index contributed by atoms with van der Waals surface area (Å²) in [6, 6.07) is 11.6. The molecular weight excluding hydrogens is 509 g/mol. The summed E-state index contributed by atoms with van der Waals surface area (Å²) in [5, 5.41) is 4.50. The number of amides is 1. The van der Waals surface area contributed by atoms with Crippen LogP contribution in [0.3, 0.4) is 0 Å². The molecule has 0 unspecified atom stereocenters. The molecule has 0 fully saturated rings. The molecule has 196 valence electrons. The van der Waals surface area contributed by atoms with Crippen molar-refractivity contribution in [2.45, 2.75) is 19.6 Å². The zero-order chi connectivity index (χ0) is 26.6. The summed E-state index contributed by atoms with van der Waals surface area (Å²) in [4.78, 5) is 25.1. The minimum absolute atomic E-state index is 0.0447. The fourth-order valence-corrected chi connectivity index (χ4v) is 4.54. The lowest BCUT2D eigenvalue weighted by Gasteiger charge is -2.25. The molecule has 0 spiro atoms. The number of furan rings is 1. The third-order valence-corrected chi connectivity index (χ3v) is 6.45. The van der Waals surface area contributed by atoms with E-state index in [4.69, 9.17) is 20.8 Å². The number of fused-ring (bicyclic) bond motifs is 3. The smallest absolute Gasteiger partial charge is 0.246 e. The Morgan fingerprint density at radius 3 is 2.92 bits per heavy atom. The third-order valence-electron chi connectivity index (χ3n) is 6.16. The van der Waals surface area contributed by atoms with Crippen molar-refractivity contribution in [3.8, 4) is 5.75 Å². The number of hydrogen-bond acceptors (Lipinski definition) is 7. The van der Waals surface area contributed by atoms with E-state index in [1.54, 1.807) is 35.2 Å². The average molecular weight is 536 g/mol. The van der Waals surface area contributed by atoms with Crippen LogP contribution in [0, 0.1) is 5.82 Å². The van der Waals surface area contributed by atoms with Crippen molar-refractivity contribution < 1.29 is 18.3 Å². The Kier molecular flexibility index (Phi) is 7.57. The number of nitrogens with one attached hydrogen (secondary N) is 1. The number of carbonyl (C=O) groups excluding carboxylic acids is 1. The van der Waals surface area contributed by atoms with Crippen LogP contribution in [0.1, 0.15) is 16.9 Å².